The number of aliphatic carboxylic acids is 1. The van der Waals surface area contributed by atoms with Crippen molar-refractivity contribution in [2.75, 3.05) is 5.32 Å². The van der Waals surface area contributed by atoms with Gasteiger partial charge in [0.1, 0.15) is 23.3 Å². The average Bonchev–Trinajstić information content (AvgIpc) is 3.10. The number of carbonyl (C=O) groups is 1. The number of rotatable bonds is 4. The zero-order valence-electron chi connectivity index (χ0n) is 13.8. The smallest absolute Gasteiger partial charge is 0.335 e. The van der Waals surface area contributed by atoms with Crippen molar-refractivity contribution in [2.45, 2.75) is 6.92 Å². The summed E-state index contributed by atoms with van der Waals surface area (Å²) < 4.78 is 0. The third kappa shape index (κ3) is 3.01. The van der Waals surface area contributed by atoms with Crippen LogP contribution in [0, 0.1) is 11.3 Å². The summed E-state index contributed by atoms with van der Waals surface area (Å²) in [7, 11) is 0. The van der Waals surface area contributed by atoms with E-state index in [1.165, 1.54) is 18.3 Å². The van der Waals surface area contributed by atoms with E-state index in [9.17, 15) is 9.90 Å². The number of carboxylic acids is 1. The summed E-state index contributed by atoms with van der Waals surface area (Å²) >= 11 is 0. The minimum Gasteiger partial charge on any atom is -0.478 e. The number of carboxylic acid groups (broad SMARTS) is 1. The van der Waals surface area contributed by atoms with E-state index in [4.69, 9.17) is 5.26 Å². The van der Waals surface area contributed by atoms with Crippen LogP contribution in [0.4, 0.5) is 11.6 Å². The molecule has 0 atom stereocenters. The van der Waals surface area contributed by atoms with Gasteiger partial charge in [0.2, 0.25) is 0 Å². The highest BCUT2D eigenvalue weighted by Crippen LogP contribution is 2.21. The summed E-state index contributed by atoms with van der Waals surface area (Å²) in [6.45, 7) is 5.65. The first-order valence-electron chi connectivity index (χ1n) is 7.59. The molecule has 0 unspecified atom stereocenters. The highest BCUT2D eigenvalue weighted by molar-refractivity contribution is 5.97. The molecule has 3 aromatic rings. The molecule has 128 valence electrons. The lowest BCUT2D eigenvalue weighted by molar-refractivity contribution is -0.132. The quantitative estimate of drug-likeness (QED) is 0.605. The van der Waals surface area contributed by atoms with Crippen molar-refractivity contribution in [2.24, 2.45) is 0 Å². The van der Waals surface area contributed by atoms with Crippen LogP contribution in [0.5, 0.6) is 0 Å². The highest BCUT2D eigenvalue weighted by atomic mass is 16.4. The standard InChI is InChI=1S/C18H14N6O2/c1-3-11(18(25)26)6-15-10(2)14-9-20-5-4-13(14)17(22-15)23-16-12(7-19)8-21-24-16/h3-6,8-9H,2H2,1H3,(H,25,26)(H2,21,22,23,24)/b11-3+,15-6+. The van der Waals surface area contributed by atoms with E-state index in [1.54, 1.807) is 25.4 Å². The van der Waals surface area contributed by atoms with Crippen molar-refractivity contribution >= 4 is 41.0 Å². The predicted octanol–water partition coefficient (Wildman–Crippen LogP) is 1.19. The van der Waals surface area contributed by atoms with Crippen LogP contribution >= 0.6 is 0 Å². The maximum Gasteiger partial charge on any atom is 0.335 e. The zero-order chi connectivity index (χ0) is 18.7. The SMILES string of the molecule is C=c1/c(=C\C(=C/C)C(=O)O)nc(Nc2[nH]ncc2C#N)c2ccncc12. The number of H-pyrrole nitrogens is 1. The Morgan fingerprint density at radius 3 is 2.92 bits per heavy atom. The van der Waals surface area contributed by atoms with E-state index < -0.39 is 5.97 Å². The number of anilines is 2. The van der Waals surface area contributed by atoms with Gasteiger partial charge in [0.05, 0.1) is 17.1 Å². The van der Waals surface area contributed by atoms with Crippen LogP contribution in [0.25, 0.3) is 23.4 Å². The molecule has 0 aromatic carbocycles. The molecular weight excluding hydrogens is 332 g/mol. The Kier molecular flexibility index (Phi) is 4.45. The maximum absolute atomic E-state index is 11.3. The van der Waals surface area contributed by atoms with E-state index in [2.05, 4.69) is 32.1 Å². The molecule has 3 N–H and O–H groups in total. The van der Waals surface area contributed by atoms with Gasteiger partial charge in [0, 0.05) is 28.4 Å². The average molecular weight is 346 g/mol. The molecule has 3 aromatic heterocycles. The van der Waals surface area contributed by atoms with Gasteiger partial charge in [0.25, 0.3) is 0 Å². The van der Waals surface area contributed by atoms with Gasteiger partial charge in [0.15, 0.2) is 0 Å². The summed E-state index contributed by atoms with van der Waals surface area (Å²) in [5.41, 5.74) is 0.425. The lowest BCUT2D eigenvalue weighted by Gasteiger charge is -2.08. The van der Waals surface area contributed by atoms with Crippen molar-refractivity contribution in [3.8, 4) is 6.07 Å². The summed E-state index contributed by atoms with van der Waals surface area (Å²) in [6.07, 6.45) is 7.57. The fourth-order valence-electron chi connectivity index (χ4n) is 2.44. The number of hydrogen-bond donors (Lipinski definition) is 3. The Bertz CT molecular complexity index is 1190. The number of pyridine rings is 2. The van der Waals surface area contributed by atoms with Crippen LogP contribution < -0.4 is 15.9 Å². The van der Waals surface area contributed by atoms with Crippen LogP contribution in [-0.4, -0.2) is 31.2 Å². The lowest BCUT2D eigenvalue weighted by atomic mass is 10.1. The van der Waals surface area contributed by atoms with Crippen molar-refractivity contribution in [1.29, 1.82) is 5.26 Å². The normalized spacial score (nSPS) is 12.2. The molecule has 0 bridgehead atoms. The van der Waals surface area contributed by atoms with Crippen molar-refractivity contribution < 1.29 is 9.90 Å². The molecule has 8 heteroatoms. The number of allylic oxidation sites excluding steroid dienone is 1. The Morgan fingerprint density at radius 1 is 1.42 bits per heavy atom. The molecule has 0 aliphatic carbocycles. The largest absolute Gasteiger partial charge is 0.478 e. The topological polar surface area (TPSA) is 128 Å². The van der Waals surface area contributed by atoms with Gasteiger partial charge in [-0.2, -0.15) is 10.4 Å². The third-order valence-corrected chi connectivity index (χ3v) is 3.80. The molecule has 0 radical (unpaired) electrons. The summed E-state index contributed by atoms with van der Waals surface area (Å²) in [5.74, 6) is -0.233. The zero-order valence-corrected chi connectivity index (χ0v) is 13.8. The number of nitrogens with one attached hydrogen (secondary N) is 2. The fraction of sp³-hybridized carbons (Fsp3) is 0.0556. The molecule has 0 aliphatic heterocycles. The molecule has 8 nitrogen and oxygen atoms in total. The molecule has 26 heavy (non-hydrogen) atoms. The Hall–Kier alpha value is -3.99. The second kappa shape index (κ2) is 6.86. The molecule has 0 spiro atoms. The van der Waals surface area contributed by atoms with Gasteiger partial charge >= 0.3 is 5.97 Å². The van der Waals surface area contributed by atoms with Gasteiger partial charge in [-0.05, 0) is 19.1 Å². The minimum absolute atomic E-state index is 0.0934. The number of nitrogens with zero attached hydrogens (tertiary/aromatic N) is 4. The third-order valence-electron chi connectivity index (χ3n) is 3.80. The van der Waals surface area contributed by atoms with Gasteiger partial charge in [-0.15, -0.1) is 0 Å². The Balaban J connectivity index is 2.28. The van der Waals surface area contributed by atoms with Crippen LogP contribution in [0.15, 0.2) is 36.3 Å². The number of aromatic amines is 1. The Morgan fingerprint density at radius 2 is 2.23 bits per heavy atom. The van der Waals surface area contributed by atoms with Gasteiger partial charge in [-0.25, -0.2) is 9.78 Å². The van der Waals surface area contributed by atoms with Crippen LogP contribution in [0.2, 0.25) is 0 Å². The van der Waals surface area contributed by atoms with Crippen LogP contribution in [0.3, 0.4) is 0 Å². The van der Waals surface area contributed by atoms with Crippen molar-refractivity contribution in [3.63, 3.8) is 0 Å². The first-order chi connectivity index (χ1) is 12.5. The number of fused-ring (bicyclic) bond motifs is 1. The molecular formula is C18H14N6O2. The fourth-order valence-corrected chi connectivity index (χ4v) is 2.44. The van der Waals surface area contributed by atoms with Gasteiger partial charge in [-0.1, -0.05) is 12.7 Å². The van der Waals surface area contributed by atoms with Crippen LogP contribution in [0.1, 0.15) is 12.5 Å². The minimum atomic E-state index is -1.06. The van der Waals surface area contributed by atoms with Gasteiger partial charge in [-0.3, -0.25) is 10.1 Å². The maximum atomic E-state index is 11.3. The molecule has 0 saturated heterocycles. The molecule has 0 amide bonds. The monoisotopic (exact) mass is 346 g/mol. The molecule has 3 heterocycles. The second-order valence-electron chi connectivity index (χ2n) is 5.33. The highest BCUT2D eigenvalue weighted by Gasteiger charge is 2.11. The van der Waals surface area contributed by atoms with Gasteiger partial charge < -0.3 is 10.4 Å². The van der Waals surface area contributed by atoms with E-state index in [1.807, 2.05) is 6.07 Å². The lowest BCUT2D eigenvalue weighted by Crippen LogP contribution is -2.29. The molecule has 0 saturated carbocycles. The van der Waals surface area contributed by atoms with Crippen molar-refractivity contribution in [3.05, 3.63) is 52.4 Å². The molecule has 3 rings (SSSR count). The summed E-state index contributed by atoms with van der Waals surface area (Å²) in [4.78, 5) is 19.9. The second-order valence-corrected chi connectivity index (χ2v) is 5.33. The number of aromatic nitrogens is 4. The van der Waals surface area contributed by atoms with E-state index >= 15 is 0 Å². The van der Waals surface area contributed by atoms with Crippen molar-refractivity contribution in [1.82, 2.24) is 20.2 Å². The number of nitriles is 1. The summed E-state index contributed by atoms with van der Waals surface area (Å²) in [6, 6.07) is 3.79. The van der Waals surface area contributed by atoms with Crippen LogP contribution in [-0.2, 0) is 4.79 Å². The molecule has 0 aliphatic rings. The predicted molar refractivity (Wildman–Crippen MR) is 96.8 cm³/mol. The first-order valence-corrected chi connectivity index (χ1v) is 7.59. The van der Waals surface area contributed by atoms with E-state index in [-0.39, 0.29) is 5.57 Å². The molecule has 0 fully saturated rings. The first kappa shape index (κ1) is 16.9. The summed E-state index contributed by atoms with van der Waals surface area (Å²) in [5, 5.41) is 30.4. The number of hydrogen-bond acceptors (Lipinski definition) is 6. The van der Waals surface area contributed by atoms with E-state index in [0.29, 0.717) is 27.8 Å². The van der Waals surface area contributed by atoms with E-state index in [0.717, 1.165) is 10.8 Å². The Labute approximate surface area is 147 Å².